The summed E-state index contributed by atoms with van der Waals surface area (Å²) in [4.78, 5) is 0. The lowest BCUT2D eigenvalue weighted by Gasteiger charge is -2.14. The second-order valence-corrected chi connectivity index (χ2v) is 3.34. The zero-order valence-electron chi connectivity index (χ0n) is 8.46. The standard InChI is InChI=1S/C10H13N5/c1-14(12)9-5-8(11)6-10(7-9)15-4-2-3-13-15/h2-7H,11-12H2,1H3. The second kappa shape index (κ2) is 3.62. The van der Waals surface area contributed by atoms with Crippen LogP contribution in [-0.2, 0) is 0 Å². The molecule has 0 atom stereocenters. The molecule has 1 aromatic heterocycles. The van der Waals surface area contributed by atoms with Crippen LogP contribution in [0.5, 0.6) is 0 Å². The van der Waals surface area contributed by atoms with E-state index in [0.717, 1.165) is 11.4 Å². The third-order valence-corrected chi connectivity index (χ3v) is 2.10. The van der Waals surface area contributed by atoms with Gasteiger partial charge in [0, 0.05) is 25.1 Å². The average Bonchev–Trinajstić information content (AvgIpc) is 2.69. The van der Waals surface area contributed by atoms with Crippen molar-refractivity contribution in [1.82, 2.24) is 9.78 Å². The fourth-order valence-electron chi connectivity index (χ4n) is 1.38. The SMILES string of the molecule is CN(N)c1cc(N)cc(-n2cccn2)c1. The Kier molecular flexibility index (Phi) is 2.31. The predicted molar refractivity (Wildman–Crippen MR) is 60.6 cm³/mol. The van der Waals surface area contributed by atoms with Crippen LogP contribution in [-0.4, -0.2) is 16.8 Å². The zero-order valence-corrected chi connectivity index (χ0v) is 8.46. The molecule has 0 saturated heterocycles. The zero-order chi connectivity index (χ0) is 10.8. The van der Waals surface area contributed by atoms with E-state index in [1.807, 2.05) is 30.5 Å². The fourth-order valence-corrected chi connectivity index (χ4v) is 1.38. The Bertz CT molecular complexity index is 447. The van der Waals surface area contributed by atoms with E-state index in [2.05, 4.69) is 5.10 Å². The highest BCUT2D eigenvalue weighted by atomic mass is 15.4. The van der Waals surface area contributed by atoms with E-state index in [0.29, 0.717) is 5.69 Å². The smallest absolute Gasteiger partial charge is 0.0687 e. The summed E-state index contributed by atoms with van der Waals surface area (Å²) in [5.41, 5.74) is 8.19. The van der Waals surface area contributed by atoms with Crippen molar-refractivity contribution in [1.29, 1.82) is 0 Å². The lowest BCUT2D eigenvalue weighted by molar-refractivity contribution is 0.878. The van der Waals surface area contributed by atoms with Crippen molar-refractivity contribution in [3.8, 4) is 5.69 Å². The van der Waals surface area contributed by atoms with Gasteiger partial charge in [0.25, 0.3) is 0 Å². The van der Waals surface area contributed by atoms with E-state index < -0.39 is 0 Å². The van der Waals surface area contributed by atoms with Gasteiger partial charge in [0.1, 0.15) is 0 Å². The van der Waals surface area contributed by atoms with Crippen LogP contribution in [0.15, 0.2) is 36.7 Å². The minimum Gasteiger partial charge on any atom is -0.399 e. The number of rotatable bonds is 2. The Morgan fingerprint density at radius 2 is 2.13 bits per heavy atom. The topological polar surface area (TPSA) is 73.1 Å². The average molecular weight is 203 g/mol. The van der Waals surface area contributed by atoms with Crippen LogP contribution in [0.25, 0.3) is 5.69 Å². The maximum atomic E-state index is 5.78. The third-order valence-electron chi connectivity index (χ3n) is 2.10. The number of anilines is 2. The third kappa shape index (κ3) is 1.92. The summed E-state index contributed by atoms with van der Waals surface area (Å²) in [6, 6.07) is 7.44. The van der Waals surface area contributed by atoms with E-state index in [9.17, 15) is 0 Å². The van der Waals surface area contributed by atoms with E-state index in [-0.39, 0.29) is 0 Å². The summed E-state index contributed by atoms with van der Waals surface area (Å²) in [6.07, 6.45) is 3.57. The van der Waals surface area contributed by atoms with Crippen LogP contribution < -0.4 is 16.6 Å². The molecule has 0 saturated carbocycles. The molecule has 4 N–H and O–H groups in total. The van der Waals surface area contributed by atoms with Crippen molar-refractivity contribution in [2.75, 3.05) is 17.8 Å². The summed E-state index contributed by atoms with van der Waals surface area (Å²) in [5, 5.41) is 5.65. The van der Waals surface area contributed by atoms with Crippen molar-refractivity contribution >= 4 is 11.4 Å². The van der Waals surface area contributed by atoms with Gasteiger partial charge in [0.05, 0.1) is 11.4 Å². The van der Waals surface area contributed by atoms with Crippen molar-refractivity contribution in [3.05, 3.63) is 36.7 Å². The Balaban J connectivity index is 2.49. The highest BCUT2D eigenvalue weighted by Crippen LogP contribution is 2.20. The fraction of sp³-hybridized carbons (Fsp3) is 0.100. The molecule has 0 aliphatic rings. The first-order valence-electron chi connectivity index (χ1n) is 4.56. The largest absolute Gasteiger partial charge is 0.399 e. The maximum absolute atomic E-state index is 5.78. The molecule has 0 bridgehead atoms. The van der Waals surface area contributed by atoms with Crippen molar-refractivity contribution < 1.29 is 0 Å². The van der Waals surface area contributed by atoms with Gasteiger partial charge in [-0.3, -0.25) is 0 Å². The normalized spacial score (nSPS) is 10.3. The van der Waals surface area contributed by atoms with E-state index >= 15 is 0 Å². The van der Waals surface area contributed by atoms with E-state index in [1.54, 1.807) is 17.9 Å². The maximum Gasteiger partial charge on any atom is 0.0687 e. The Morgan fingerprint density at radius 3 is 2.73 bits per heavy atom. The van der Waals surface area contributed by atoms with Gasteiger partial charge in [0.15, 0.2) is 0 Å². The van der Waals surface area contributed by atoms with Crippen LogP contribution in [0.4, 0.5) is 11.4 Å². The minimum atomic E-state index is 0.662. The Labute approximate surface area is 87.9 Å². The molecule has 0 amide bonds. The number of aromatic nitrogens is 2. The summed E-state index contributed by atoms with van der Waals surface area (Å²) >= 11 is 0. The van der Waals surface area contributed by atoms with Crippen LogP contribution in [0.2, 0.25) is 0 Å². The molecule has 1 aromatic carbocycles. The van der Waals surface area contributed by atoms with Crippen LogP contribution >= 0.6 is 0 Å². The van der Waals surface area contributed by atoms with Gasteiger partial charge in [-0.15, -0.1) is 0 Å². The number of nitrogen functional groups attached to an aromatic ring is 1. The summed E-state index contributed by atoms with van der Waals surface area (Å²) < 4.78 is 1.74. The van der Waals surface area contributed by atoms with Gasteiger partial charge in [-0.2, -0.15) is 5.10 Å². The number of benzene rings is 1. The van der Waals surface area contributed by atoms with Crippen molar-refractivity contribution in [3.63, 3.8) is 0 Å². The van der Waals surface area contributed by atoms with Gasteiger partial charge >= 0.3 is 0 Å². The monoisotopic (exact) mass is 203 g/mol. The quantitative estimate of drug-likeness (QED) is 0.429. The highest BCUT2D eigenvalue weighted by Gasteiger charge is 2.02. The minimum absolute atomic E-state index is 0.662. The predicted octanol–water partition coefficient (Wildman–Crippen LogP) is 0.764. The molecule has 78 valence electrons. The number of hydrazine groups is 1. The van der Waals surface area contributed by atoms with Gasteiger partial charge in [0.2, 0.25) is 0 Å². The molecule has 2 aromatic rings. The summed E-state index contributed by atoms with van der Waals surface area (Å²) in [7, 11) is 1.77. The highest BCUT2D eigenvalue weighted by molar-refractivity contribution is 5.61. The number of nitrogens with two attached hydrogens (primary N) is 2. The molecule has 0 fully saturated rings. The molecular weight excluding hydrogens is 190 g/mol. The van der Waals surface area contributed by atoms with Gasteiger partial charge in [-0.25, -0.2) is 10.5 Å². The molecule has 1 heterocycles. The van der Waals surface area contributed by atoms with Crippen LogP contribution in [0.1, 0.15) is 0 Å². The van der Waals surface area contributed by atoms with Gasteiger partial charge in [-0.05, 0) is 24.3 Å². The summed E-state index contributed by atoms with van der Waals surface area (Å²) in [5.74, 6) is 5.65. The molecule has 0 aliphatic heterocycles. The molecular formula is C10H13N5. The molecule has 15 heavy (non-hydrogen) atoms. The second-order valence-electron chi connectivity index (χ2n) is 3.34. The molecule has 0 unspecified atom stereocenters. The van der Waals surface area contributed by atoms with Gasteiger partial charge < -0.3 is 10.7 Å². The van der Waals surface area contributed by atoms with E-state index in [4.69, 9.17) is 11.6 Å². The number of hydrogen-bond donors (Lipinski definition) is 2. The van der Waals surface area contributed by atoms with E-state index in [1.165, 1.54) is 5.01 Å². The lowest BCUT2D eigenvalue weighted by atomic mass is 10.2. The molecule has 0 spiro atoms. The molecule has 5 nitrogen and oxygen atoms in total. The molecule has 5 heteroatoms. The first-order valence-corrected chi connectivity index (χ1v) is 4.56. The number of hydrogen-bond acceptors (Lipinski definition) is 4. The number of nitrogens with zero attached hydrogens (tertiary/aromatic N) is 3. The van der Waals surface area contributed by atoms with Crippen molar-refractivity contribution in [2.45, 2.75) is 0 Å². The first-order chi connectivity index (χ1) is 7.16. The Hall–Kier alpha value is -2.01. The van der Waals surface area contributed by atoms with Crippen molar-refractivity contribution in [2.24, 2.45) is 5.84 Å². The van der Waals surface area contributed by atoms with Gasteiger partial charge in [-0.1, -0.05) is 0 Å². The molecule has 0 aliphatic carbocycles. The van der Waals surface area contributed by atoms with Crippen LogP contribution in [0, 0.1) is 0 Å². The lowest BCUT2D eigenvalue weighted by Crippen LogP contribution is -2.25. The van der Waals surface area contributed by atoms with Crippen LogP contribution in [0.3, 0.4) is 0 Å². The first kappa shape index (κ1) is 9.54. The summed E-state index contributed by atoms with van der Waals surface area (Å²) in [6.45, 7) is 0. The molecule has 2 rings (SSSR count). The Morgan fingerprint density at radius 1 is 1.33 bits per heavy atom. The molecule has 0 radical (unpaired) electrons.